The predicted molar refractivity (Wildman–Crippen MR) is 228 cm³/mol. The van der Waals surface area contributed by atoms with Crippen LogP contribution in [0.3, 0.4) is 0 Å². The minimum Gasteiger partial charge on any atom is -0.446 e. The van der Waals surface area contributed by atoms with Crippen LogP contribution in [0.25, 0.3) is 0 Å². The second kappa shape index (κ2) is 24.9. The van der Waals surface area contributed by atoms with E-state index in [4.69, 9.17) is 29.5 Å². The number of ether oxygens (including phenoxy) is 5. The third kappa shape index (κ3) is 14.2. The number of fused-ring (bicyclic) bond motifs is 5. The molecule has 3 saturated carbocycles. The van der Waals surface area contributed by atoms with Gasteiger partial charge in [0.05, 0.1) is 46.2 Å². The van der Waals surface area contributed by atoms with Gasteiger partial charge in [0.1, 0.15) is 12.1 Å². The van der Waals surface area contributed by atoms with Crippen LogP contribution in [0.5, 0.6) is 0 Å². The van der Waals surface area contributed by atoms with E-state index in [9.17, 15) is 14.4 Å². The lowest BCUT2D eigenvalue weighted by molar-refractivity contribution is -0.129. The number of carbonyl (C=O) groups is 3. The van der Waals surface area contributed by atoms with E-state index in [1.807, 2.05) is 0 Å². The van der Waals surface area contributed by atoms with Crippen LogP contribution in [-0.4, -0.2) is 89.5 Å². The number of nitrogens with one attached hydrogen (secondary N) is 3. The molecule has 4 aliphatic rings. The van der Waals surface area contributed by atoms with E-state index >= 15 is 0 Å². The summed E-state index contributed by atoms with van der Waals surface area (Å²) in [5.74, 6) is 9.48. The Kier molecular flexibility index (Phi) is 20.8. The zero-order valence-corrected chi connectivity index (χ0v) is 37.2. The molecule has 58 heavy (non-hydrogen) atoms. The fourth-order valence-corrected chi connectivity index (χ4v) is 11.3. The number of rotatable bonds is 27. The van der Waals surface area contributed by atoms with Crippen molar-refractivity contribution >= 4 is 17.9 Å². The Hall–Kier alpha value is -2.25. The molecule has 3 amide bonds. The van der Waals surface area contributed by atoms with Crippen LogP contribution in [0.1, 0.15) is 144 Å². The van der Waals surface area contributed by atoms with Crippen molar-refractivity contribution < 1.29 is 38.1 Å². The molecule has 0 aromatic rings. The van der Waals surface area contributed by atoms with E-state index in [0.29, 0.717) is 70.9 Å². The molecule has 0 saturated heterocycles. The third-order valence-electron chi connectivity index (χ3n) is 14.5. The van der Waals surface area contributed by atoms with E-state index in [2.05, 4.69) is 63.7 Å². The van der Waals surface area contributed by atoms with Crippen LogP contribution < -0.4 is 21.9 Å². The van der Waals surface area contributed by atoms with E-state index in [1.165, 1.54) is 56.9 Å². The second-order valence-electron chi connectivity index (χ2n) is 18.8. The van der Waals surface area contributed by atoms with Crippen molar-refractivity contribution in [1.82, 2.24) is 16.1 Å². The molecule has 0 aliphatic heterocycles. The van der Waals surface area contributed by atoms with Gasteiger partial charge < -0.3 is 34.3 Å². The van der Waals surface area contributed by atoms with Crippen LogP contribution in [0.15, 0.2) is 11.6 Å². The number of unbranched alkanes of at least 4 members (excludes halogenated alkanes) is 1. The van der Waals surface area contributed by atoms with E-state index in [0.717, 1.165) is 67.8 Å². The summed E-state index contributed by atoms with van der Waals surface area (Å²) in [6.07, 6.45) is 18.4. The molecule has 3 fully saturated rings. The van der Waals surface area contributed by atoms with E-state index in [-0.39, 0.29) is 36.5 Å². The number of carbonyl (C=O) groups excluding carboxylic acids is 3. The molecule has 0 unspecified atom stereocenters. The molecule has 334 valence electrons. The Morgan fingerprint density at radius 2 is 1.50 bits per heavy atom. The smallest absolute Gasteiger partial charge is 0.407 e. The number of hydrogen-bond donors (Lipinski definition) is 4. The average Bonchev–Trinajstić information content (AvgIpc) is 3.56. The van der Waals surface area contributed by atoms with Gasteiger partial charge in [-0.05, 0) is 117 Å². The summed E-state index contributed by atoms with van der Waals surface area (Å²) >= 11 is 0. The molecule has 0 aromatic carbocycles. The highest BCUT2D eigenvalue weighted by Gasteiger charge is 2.59. The maximum Gasteiger partial charge on any atom is 0.407 e. The van der Waals surface area contributed by atoms with Crippen molar-refractivity contribution in [3.05, 3.63) is 11.6 Å². The zero-order chi connectivity index (χ0) is 42.0. The van der Waals surface area contributed by atoms with Crippen molar-refractivity contribution in [1.29, 1.82) is 0 Å². The van der Waals surface area contributed by atoms with Crippen molar-refractivity contribution in [2.45, 2.75) is 156 Å². The summed E-state index contributed by atoms with van der Waals surface area (Å²) < 4.78 is 27.7. The van der Waals surface area contributed by atoms with Crippen molar-refractivity contribution in [2.24, 2.45) is 52.2 Å². The number of hydrogen-bond acceptors (Lipinski definition) is 9. The highest BCUT2D eigenvalue weighted by molar-refractivity contribution is 5.87. The van der Waals surface area contributed by atoms with Crippen LogP contribution >= 0.6 is 0 Å². The normalized spacial score (nSPS) is 28.8. The van der Waals surface area contributed by atoms with Crippen LogP contribution in [0, 0.1) is 46.3 Å². The Morgan fingerprint density at radius 1 is 0.810 bits per heavy atom. The van der Waals surface area contributed by atoms with Gasteiger partial charge in [0, 0.05) is 26.0 Å². The molecular weight excluding hydrogens is 737 g/mol. The minimum absolute atomic E-state index is 0.1000. The van der Waals surface area contributed by atoms with Gasteiger partial charge in [0.2, 0.25) is 5.91 Å². The highest BCUT2D eigenvalue weighted by Crippen LogP contribution is 2.67. The summed E-state index contributed by atoms with van der Waals surface area (Å²) in [7, 11) is 0. The fourth-order valence-electron chi connectivity index (χ4n) is 11.3. The lowest BCUT2D eigenvalue weighted by Crippen LogP contribution is -2.51. The maximum absolute atomic E-state index is 12.9. The minimum atomic E-state index is -0.767. The van der Waals surface area contributed by atoms with Gasteiger partial charge in [0.25, 0.3) is 5.91 Å². The Labute approximate surface area is 350 Å². The Balaban J connectivity index is 1.09. The molecule has 9 atom stereocenters. The molecule has 5 N–H and O–H groups in total. The van der Waals surface area contributed by atoms with Crippen LogP contribution in [0.2, 0.25) is 0 Å². The molecule has 0 aromatic heterocycles. The zero-order valence-electron chi connectivity index (χ0n) is 37.2. The first-order valence-corrected chi connectivity index (χ1v) is 23.2. The van der Waals surface area contributed by atoms with Gasteiger partial charge in [0.15, 0.2) is 0 Å². The predicted octanol–water partition coefficient (Wildman–Crippen LogP) is 7.63. The molecule has 0 heterocycles. The largest absolute Gasteiger partial charge is 0.446 e. The number of alkyl carbamates (subject to hydrolysis) is 1. The highest BCUT2D eigenvalue weighted by atomic mass is 16.6. The van der Waals surface area contributed by atoms with Gasteiger partial charge in [-0.25, -0.2) is 10.6 Å². The van der Waals surface area contributed by atoms with Crippen molar-refractivity contribution in [3.63, 3.8) is 0 Å². The van der Waals surface area contributed by atoms with Crippen molar-refractivity contribution in [3.8, 4) is 0 Å². The number of hydrazine groups is 1. The first kappa shape index (κ1) is 48.4. The first-order valence-electron chi connectivity index (χ1n) is 23.2. The van der Waals surface area contributed by atoms with Crippen molar-refractivity contribution in [2.75, 3.05) is 59.4 Å². The lowest BCUT2D eigenvalue weighted by Gasteiger charge is -2.58. The second-order valence-corrected chi connectivity index (χ2v) is 18.8. The first-order chi connectivity index (χ1) is 27.9. The average molecular weight is 819 g/mol. The molecule has 4 aliphatic carbocycles. The van der Waals surface area contributed by atoms with Crippen LogP contribution in [-0.2, 0) is 33.3 Å². The Bertz CT molecular complexity index is 1280. The third-order valence-corrected chi connectivity index (χ3v) is 14.5. The van der Waals surface area contributed by atoms with Gasteiger partial charge in [-0.2, -0.15) is 0 Å². The summed E-state index contributed by atoms with van der Waals surface area (Å²) in [4.78, 5) is 37.7. The SMILES string of the molecule is CCCOCCOCCOCCOCCC(=O)N[C@H](CCCCNC(=O)O[C@H]1CC[C@@]2(C)C(=CC[C@H]3[C@@H]4CC[C@H]([C@H](C)CCCC(C)C)[C@@]4(C)CC[C@@H]32)C1)C(=O)NN. The van der Waals surface area contributed by atoms with E-state index < -0.39 is 11.9 Å². The number of amides is 3. The summed E-state index contributed by atoms with van der Waals surface area (Å²) in [6.45, 7) is 18.7. The topological polar surface area (TPSA) is 159 Å². The monoisotopic (exact) mass is 819 g/mol. The molecular formula is C46H82N4O8. The fraction of sp³-hybridized carbons (Fsp3) is 0.891. The molecule has 0 bridgehead atoms. The summed E-state index contributed by atoms with van der Waals surface area (Å²) in [5, 5.41) is 5.66. The van der Waals surface area contributed by atoms with Crippen LogP contribution in [0.4, 0.5) is 4.79 Å². The molecule has 0 radical (unpaired) electrons. The summed E-state index contributed by atoms with van der Waals surface area (Å²) in [5.41, 5.74) is 4.36. The quantitative estimate of drug-likeness (QED) is 0.0215. The molecule has 12 heteroatoms. The maximum atomic E-state index is 12.9. The molecule has 12 nitrogen and oxygen atoms in total. The van der Waals surface area contributed by atoms with Gasteiger partial charge in [-0.15, -0.1) is 0 Å². The van der Waals surface area contributed by atoms with E-state index in [1.54, 1.807) is 0 Å². The lowest BCUT2D eigenvalue weighted by atomic mass is 9.47. The molecule has 0 spiro atoms. The molecule has 4 rings (SSSR count). The van der Waals surface area contributed by atoms with Gasteiger partial charge in [-0.1, -0.05) is 72.5 Å². The van der Waals surface area contributed by atoms with Gasteiger partial charge in [-0.3, -0.25) is 15.0 Å². The standard InChI is InChI=1S/C46H82N4O8/c1-7-24-54-26-28-56-30-31-57-29-27-55-25-20-42(51)49-41(43(52)50-47)13-8-9-23-48-44(53)58-36-18-21-45(5)35(32-36)14-15-37-39-17-16-38(34(4)12-10-11-33(2)3)46(39,6)22-19-40(37)45/h14,33-34,36-41H,7-13,15-32,47H2,1-6H3,(H,48,53)(H,49,51)(H,50,52)/t34-,36+,37+,38-,39+,40+,41-,45+,46-/m1/s1. The number of nitrogens with two attached hydrogens (primary N) is 1. The Morgan fingerprint density at radius 3 is 2.17 bits per heavy atom. The summed E-state index contributed by atoms with van der Waals surface area (Å²) in [6, 6.07) is -0.767. The van der Waals surface area contributed by atoms with Gasteiger partial charge >= 0.3 is 6.09 Å². The number of allylic oxidation sites excluding steroid dienone is 1.